The molecule has 1 aliphatic carbocycles. The van der Waals surface area contributed by atoms with Gasteiger partial charge in [0.1, 0.15) is 5.01 Å². The number of benzene rings is 1. The minimum absolute atomic E-state index is 0.782. The zero-order valence-electron chi connectivity index (χ0n) is 11.3. The van der Waals surface area contributed by atoms with Crippen molar-refractivity contribution in [2.24, 2.45) is 11.8 Å². The van der Waals surface area contributed by atoms with E-state index in [1.165, 1.54) is 34.0 Å². The van der Waals surface area contributed by atoms with Crippen molar-refractivity contribution < 1.29 is 0 Å². The monoisotopic (exact) mass is 335 g/mol. The van der Waals surface area contributed by atoms with Crippen LogP contribution in [0.15, 0.2) is 28.7 Å². The van der Waals surface area contributed by atoms with Gasteiger partial charge in [-0.25, -0.2) is 4.98 Å². The van der Waals surface area contributed by atoms with Gasteiger partial charge in [-0.3, -0.25) is 0 Å². The molecule has 0 fully saturated rings. The van der Waals surface area contributed by atoms with Crippen LogP contribution in [0.4, 0.5) is 0 Å². The Balaban J connectivity index is 1.91. The molecule has 0 saturated carbocycles. The normalized spacial score (nSPS) is 18.6. The Morgan fingerprint density at radius 1 is 1.37 bits per heavy atom. The highest BCUT2D eigenvalue weighted by atomic mass is 79.9. The summed E-state index contributed by atoms with van der Waals surface area (Å²) < 4.78 is 1.12. The molecule has 19 heavy (non-hydrogen) atoms. The van der Waals surface area contributed by atoms with E-state index < -0.39 is 0 Å². The predicted molar refractivity (Wildman–Crippen MR) is 85.6 cm³/mol. The quantitative estimate of drug-likeness (QED) is 0.722. The lowest BCUT2D eigenvalue weighted by Gasteiger charge is -2.24. The molecule has 1 heterocycles. The van der Waals surface area contributed by atoms with Crippen molar-refractivity contribution in [1.82, 2.24) is 4.98 Å². The summed E-state index contributed by atoms with van der Waals surface area (Å²) in [6, 6.07) is 8.45. The Hall–Kier alpha value is -0.670. The second kappa shape index (κ2) is 5.37. The van der Waals surface area contributed by atoms with Gasteiger partial charge in [-0.1, -0.05) is 41.9 Å². The lowest BCUT2D eigenvalue weighted by Crippen LogP contribution is -2.17. The first-order chi connectivity index (χ1) is 9.13. The average Bonchev–Trinajstić information content (AvgIpc) is 2.81. The Kier molecular flexibility index (Phi) is 3.77. The van der Waals surface area contributed by atoms with Crippen molar-refractivity contribution in [3.63, 3.8) is 0 Å². The lowest BCUT2D eigenvalue weighted by molar-refractivity contribution is 0.344. The molecule has 0 amide bonds. The molecule has 0 bridgehead atoms. The molecular formula is C16H18BrNS. The van der Waals surface area contributed by atoms with Crippen LogP contribution in [0.1, 0.15) is 30.8 Å². The van der Waals surface area contributed by atoms with E-state index in [9.17, 15) is 0 Å². The maximum Gasteiger partial charge on any atom is 0.123 e. The van der Waals surface area contributed by atoms with E-state index in [0.29, 0.717) is 0 Å². The van der Waals surface area contributed by atoms with Gasteiger partial charge in [-0.05, 0) is 43.2 Å². The number of aromatic nitrogens is 1. The first kappa shape index (κ1) is 13.3. The number of aryl methyl sites for hydroxylation is 1. The topological polar surface area (TPSA) is 12.9 Å². The molecule has 100 valence electrons. The molecule has 3 rings (SSSR count). The number of fused-ring (bicyclic) bond motifs is 1. The lowest BCUT2D eigenvalue weighted by atomic mass is 9.83. The minimum Gasteiger partial charge on any atom is -0.241 e. The molecule has 1 unspecified atom stereocenters. The summed E-state index contributed by atoms with van der Waals surface area (Å²) in [5, 5.41) is 1.18. The van der Waals surface area contributed by atoms with Crippen LogP contribution >= 0.6 is 27.3 Å². The van der Waals surface area contributed by atoms with Gasteiger partial charge in [-0.15, -0.1) is 11.3 Å². The molecule has 1 aromatic heterocycles. The SMILES string of the molecule is CC(C)C1CCc2nc(-c3cccc(Br)c3)sc2C1. The fourth-order valence-electron chi connectivity index (χ4n) is 2.71. The first-order valence-corrected chi connectivity index (χ1v) is 8.49. The van der Waals surface area contributed by atoms with Crippen molar-refractivity contribution in [2.45, 2.75) is 33.1 Å². The second-order valence-electron chi connectivity index (χ2n) is 5.65. The van der Waals surface area contributed by atoms with E-state index in [4.69, 9.17) is 4.98 Å². The summed E-state index contributed by atoms with van der Waals surface area (Å²) >= 11 is 5.42. The molecule has 0 N–H and O–H groups in total. The Morgan fingerprint density at radius 2 is 2.21 bits per heavy atom. The third kappa shape index (κ3) is 2.77. The van der Waals surface area contributed by atoms with Gasteiger partial charge in [0.2, 0.25) is 0 Å². The van der Waals surface area contributed by atoms with Crippen molar-refractivity contribution in [2.75, 3.05) is 0 Å². The summed E-state index contributed by atoms with van der Waals surface area (Å²) in [4.78, 5) is 6.37. The Bertz CT molecular complexity index is 588. The van der Waals surface area contributed by atoms with Gasteiger partial charge in [0.25, 0.3) is 0 Å². The second-order valence-corrected chi connectivity index (χ2v) is 7.65. The first-order valence-electron chi connectivity index (χ1n) is 6.88. The van der Waals surface area contributed by atoms with Crippen LogP contribution in [0.3, 0.4) is 0 Å². The number of hydrogen-bond donors (Lipinski definition) is 0. The molecule has 3 heteroatoms. The molecule has 1 nitrogen and oxygen atoms in total. The number of nitrogens with zero attached hydrogens (tertiary/aromatic N) is 1. The highest BCUT2D eigenvalue weighted by molar-refractivity contribution is 9.10. The molecule has 0 radical (unpaired) electrons. The van der Waals surface area contributed by atoms with Gasteiger partial charge in [0.05, 0.1) is 5.69 Å². The largest absolute Gasteiger partial charge is 0.241 e. The summed E-state index contributed by atoms with van der Waals surface area (Å²) in [6.07, 6.45) is 3.67. The third-order valence-corrected chi connectivity index (χ3v) is 5.65. The summed E-state index contributed by atoms with van der Waals surface area (Å²) in [6.45, 7) is 4.68. The highest BCUT2D eigenvalue weighted by Crippen LogP contribution is 2.37. The van der Waals surface area contributed by atoms with E-state index in [2.05, 4.69) is 54.0 Å². The standard InChI is InChI=1S/C16H18BrNS/c1-10(2)11-6-7-14-15(9-11)19-16(18-14)12-4-3-5-13(17)8-12/h3-5,8,10-11H,6-7,9H2,1-2H3. The average molecular weight is 336 g/mol. The van der Waals surface area contributed by atoms with Crippen molar-refractivity contribution in [1.29, 1.82) is 0 Å². The maximum atomic E-state index is 4.85. The maximum absolute atomic E-state index is 4.85. The van der Waals surface area contributed by atoms with Gasteiger partial charge in [-0.2, -0.15) is 0 Å². The van der Waals surface area contributed by atoms with E-state index in [-0.39, 0.29) is 0 Å². The van der Waals surface area contributed by atoms with Gasteiger partial charge < -0.3 is 0 Å². The molecule has 0 spiro atoms. The number of halogens is 1. The van der Waals surface area contributed by atoms with Crippen LogP contribution in [0.25, 0.3) is 10.6 Å². The van der Waals surface area contributed by atoms with Crippen molar-refractivity contribution in [3.05, 3.63) is 39.3 Å². The molecule has 0 aliphatic heterocycles. The van der Waals surface area contributed by atoms with Crippen molar-refractivity contribution >= 4 is 27.3 Å². The minimum atomic E-state index is 0.782. The zero-order valence-corrected chi connectivity index (χ0v) is 13.7. The van der Waals surface area contributed by atoms with Gasteiger partial charge in [0.15, 0.2) is 0 Å². The Morgan fingerprint density at radius 3 is 2.95 bits per heavy atom. The number of rotatable bonds is 2. The predicted octanol–water partition coefficient (Wildman–Crippen LogP) is 5.33. The summed E-state index contributed by atoms with van der Waals surface area (Å²) in [7, 11) is 0. The summed E-state index contributed by atoms with van der Waals surface area (Å²) in [5.41, 5.74) is 2.58. The van der Waals surface area contributed by atoms with Crippen LogP contribution in [0.5, 0.6) is 0 Å². The van der Waals surface area contributed by atoms with Gasteiger partial charge in [0, 0.05) is 14.9 Å². The van der Waals surface area contributed by atoms with Crippen LogP contribution in [-0.2, 0) is 12.8 Å². The third-order valence-electron chi connectivity index (χ3n) is 3.99. The molecule has 1 aliphatic rings. The van der Waals surface area contributed by atoms with Crippen LogP contribution < -0.4 is 0 Å². The molecule has 1 aromatic carbocycles. The van der Waals surface area contributed by atoms with Gasteiger partial charge >= 0.3 is 0 Å². The molecular weight excluding hydrogens is 318 g/mol. The molecule has 2 aromatic rings. The van der Waals surface area contributed by atoms with Crippen LogP contribution in [-0.4, -0.2) is 4.98 Å². The number of thiazole rings is 1. The zero-order chi connectivity index (χ0) is 13.4. The van der Waals surface area contributed by atoms with Crippen molar-refractivity contribution in [3.8, 4) is 10.6 Å². The molecule has 0 saturated heterocycles. The van der Waals surface area contributed by atoms with Crippen LogP contribution in [0.2, 0.25) is 0 Å². The van der Waals surface area contributed by atoms with E-state index in [1.807, 2.05) is 11.3 Å². The summed E-state index contributed by atoms with van der Waals surface area (Å²) in [5.74, 6) is 1.62. The van der Waals surface area contributed by atoms with E-state index >= 15 is 0 Å². The van der Waals surface area contributed by atoms with Crippen LogP contribution in [0, 0.1) is 11.8 Å². The fraction of sp³-hybridized carbons (Fsp3) is 0.438. The van der Waals surface area contributed by atoms with E-state index in [0.717, 1.165) is 22.7 Å². The smallest absolute Gasteiger partial charge is 0.123 e. The fourth-order valence-corrected chi connectivity index (χ4v) is 4.31. The Labute approximate surface area is 127 Å². The number of hydrogen-bond acceptors (Lipinski definition) is 2. The molecule has 1 atom stereocenters. The highest BCUT2D eigenvalue weighted by Gasteiger charge is 2.24. The van der Waals surface area contributed by atoms with E-state index in [1.54, 1.807) is 0 Å².